The van der Waals surface area contributed by atoms with Gasteiger partial charge in [0.15, 0.2) is 0 Å². The standard InChI is InChI=1S/C29H33FN2O3/c1-19-11-26(33)12-20(2)27(19)17-35-18-34-16-23-6-4-5-22-13-28-21(14-29(22,23)3)15-31-32(28)25-9-7-24(30)8-10-25/h7-13,15,23,33H,4-6,14,16-18H2,1-3H3. The normalized spacial score (nSPS) is 21.4. The van der Waals surface area contributed by atoms with Gasteiger partial charge in [-0.05, 0) is 116 Å². The maximum Gasteiger partial charge on any atom is 0.147 e. The third-order valence-corrected chi connectivity index (χ3v) is 7.87. The number of hydrogen-bond donors (Lipinski definition) is 1. The maximum absolute atomic E-state index is 13.4. The zero-order chi connectivity index (χ0) is 24.6. The quantitative estimate of drug-likeness (QED) is 0.323. The Morgan fingerprint density at radius 1 is 1.14 bits per heavy atom. The average Bonchev–Trinajstić information content (AvgIpc) is 3.21. The topological polar surface area (TPSA) is 56.5 Å². The lowest BCUT2D eigenvalue weighted by atomic mass is 9.60. The van der Waals surface area contributed by atoms with E-state index in [1.165, 1.54) is 23.3 Å². The molecule has 5 rings (SSSR count). The van der Waals surface area contributed by atoms with Crippen molar-refractivity contribution in [2.24, 2.45) is 11.3 Å². The van der Waals surface area contributed by atoms with Crippen LogP contribution in [-0.4, -0.2) is 28.3 Å². The van der Waals surface area contributed by atoms with Gasteiger partial charge >= 0.3 is 0 Å². The van der Waals surface area contributed by atoms with Crippen LogP contribution in [0, 0.1) is 31.0 Å². The number of rotatable bonds is 7. The molecule has 0 spiro atoms. The second kappa shape index (κ2) is 9.59. The zero-order valence-electron chi connectivity index (χ0n) is 20.7. The first-order valence-electron chi connectivity index (χ1n) is 12.3. The summed E-state index contributed by atoms with van der Waals surface area (Å²) in [5.41, 5.74) is 7.83. The molecule has 1 aromatic heterocycles. The molecule has 0 bridgehead atoms. The first kappa shape index (κ1) is 23.8. The first-order valence-corrected chi connectivity index (χ1v) is 12.3. The van der Waals surface area contributed by atoms with E-state index in [2.05, 4.69) is 18.1 Å². The third-order valence-electron chi connectivity index (χ3n) is 7.87. The largest absolute Gasteiger partial charge is 0.508 e. The summed E-state index contributed by atoms with van der Waals surface area (Å²) < 4.78 is 27.2. The van der Waals surface area contributed by atoms with E-state index in [4.69, 9.17) is 9.47 Å². The molecule has 5 nitrogen and oxygen atoms in total. The van der Waals surface area contributed by atoms with Crippen molar-refractivity contribution >= 4 is 6.08 Å². The summed E-state index contributed by atoms with van der Waals surface area (Å²) in [4.78, 5) is 0. The number of aromatic nitrogens is 2. The van der Waals surface area contributed by atoms with Gasteiger partial charge in [-0.1, -0.05) is 12.5 Å². The lowest BCUT2D eigenvalue weighted by molar-refractivity contribution is -0.0848. The van der Waals surface area contributed by atoms with Crippen molar-refractivity contribution < 1.29 is 19.0 Å². The molecule has 3 aromatic rings. The Hall–Kier alpha value is -2.96. The number of aromatic hydroxyl groups is 1. The highest BCUT2D eigenvalue weighted by molar-refractivity contribution is 5.61. The molecule has 1 heterocycles. The fourth-order valence-corrected chi connectivity index (χ4v) is 5.79. The van der Waals surface area contributed by atoms with Crippen molar-refractivity contribution in [3.8, 4) is 11.4 Å². The van der Waals surface area contributed by atoms with E-state index in [-0.39, 0.29) is 23.8 Å². The second-order valence-corrected chi connectivity index (χ2v) is 10.2. The number of phenolic OH excluding ortho intramolecular Hbond substituents is 1. The number of fused-ring (bicyclic) bond motifs is 2. The Balaban J connectivity index is 1.23. The van der Waals surface area contributed by atoms with Crippen LogP contribution in [0.3, 0.4) is 0 Å². The predicted octanol–water partition coefficient (Wildman–Crippen LogP) is 6.27. The minimum absolute atomic E-state index is 0.0338. The minimum Gasteiger partial charge on any atom is -0.508 e. The van der Waals surface area contributed by atoms with Crippen LogP contribution in [0.2, 0.25) is 0 Å². The molecule has 35 heavy (non-hydrogen) atoms. The highest BCUT2D eigenvalue weighted by Crippen LogP contribution is 2.51. The molecule has 2 aliphatic rings. The number of hydrogen-bond acceptors (Lipinski definition) is 4. The molecule has 2 aromatic carbocycles. The predicted molar refractivity (Wildman–Crippen MR) is 134 cm³/mol. The van der Waals surface area contributed by atoms with Crippen molar-refractivity contribution in [2.75, 3.05) is 13.4 Å². The lowest BCUT2D eigenvalue weighted by Gasteiger charge is -2.45. The van der Waals surface area contributed by atoms with Gasteiger partial charge in [-0.15, -0.1) is 0 Å². The van der Waals surface area contributed by atoms with Crippen LogP contribution in [0.15, 0.2) is 48.2 Å². The fraction of sp³-hybridized carbons (Fsp3) is 0.414. The van der Waals surface area contributed by atoms with Crippen LogP contribution in [0.5, 0.6) is 5.75 Å². The van der Waals surface area contributed by atoms with Crippen LogP contribution in [0.25, 0.3) is 11.8 Å². The molecule has 1 fully saturated rings. The summed E-state index contributed by atoms with van der Waals surface area (Å²) >= 11 is 0. The first-order chi connectivity index (χ1) is 16.8. The van der Waals surface area contributed by atoms with E-state index in [1.807, 2.05) is 24.7 Å². The summed E-state index contributed by atoms with van der Waals surface area (Å²) in [6, 6.07) is 10.0. The SMILES string of the molecule is Cc1cc(O)cc(C)c1COCOCC1CCCC2=Cc3c(cnn3-c3ccc(F)cc3)CC21C. The molecule has 0 aliphatic heterocycles. The molecule has 1 saturated carbocycles. The van der Waals surface area contributed by atoms with Crippen LogP contribution in [0.1, 0.15) is 54.1 Å². The van der Waals surface area contributed by atoms with Gasteiger partial charge in [-0.3, -0.25) is 0 Å². The van der Waals surface area contributed by atoms with E-state index in [9.17, 15) is 9.50 Å². The Labute approximate surface area is 206 Å². The van der Waals surface area contributed by atoms with E-state index < -0.39 is 0 Å². The fourth-order valence-electron chi connectivity index (χ4n) is 5.79. The van der Waals surface area contributed by atoms with Gasteiger partial charge in [0.05, 0.1) is 30.8 Å². The molecule has 0 amide bonds. The van der Waals surface area contributed by atoms with Gasteiger partial charge in [0, 0.05) is 0 Å². The number of benzene rings is 2. The smallest absolute Gasteiger partial charge is 0.147 e. The van der Waals surface area contributed by atoms with Crippen LogP contribution < -0.4 is 0 Å². The Morgan fingerprint density at radius 2 is 1.89 bits per heavy atom. The van der Waals surface area contributed by atoms with Gasteiger partial charge in [0.1, 0.15) is 18.4 Å². The molecule has 2 unspecified atom stereocenters. The monoisotopic (exact) mass is 476 g/mol. The van der Waals surface area contributed by atoms with E-state index in [0.717, 1.165) is 53.8 Å². The highest BCUT2D eigenvalue weighted by atomic mass is 19.1. The van der Waals surface area contributed by atoms with Crippen molar-refractivity contribution in [1.82, 2.24) is 9.78 Å². The van der Waals surface area contributed by atoms with Gasteiger partial charge < -0.3 is 14.6 Å². The number of ether oxygens (including phenoxy) is 2. The van der Waals surface area contributed by atoms with Crippen molar-refractivity contribution in [1.29, 1.82) is 0 Å². The van der Waals surface area contributed by atoms with Crippen molar-refractivity contribution in [2.45, 2.75) is 53.1 Å². The maximum atomic E-state index is 13.4. The minimum atomic E-state index is -0.242. The summed E-state index contributed by atoms with van der Waals surface area (Å²) in [6.45, 7) is 7.70. The molecule has 184 valence electrons. The Morgan fingerprint density at radius 3 is 2.63 bits per heavy atom. The second-order valence-electron chi connectivity index (χ2n) is 10.2. The number of aryl methyl sites for hydroxylation is 2. The lowest BCUT2D eigenvalue weighted by Crippen LogP contribution is -2.39. The molecular formula is C29H33FN2O3. The molecular weight excluding hydrogens is 443 g/mol. The number of allylic oxidation sites excluding steroid dienone is 1. The van der Waals surface area contributed by atoms with Gasteiger partial charge in [-0.2, -0.15) is 5.10 Å². The van der Waals surface area contributed by atoms with Crippen molar-refractivity contribution in [3.63, 3.8) is 0 Å². The molecule has 0 radical (unpaired) electrons. The molecule has 0 saturated heterocycles. The zero-order valence-corrected chi connectivity index (χ0v) is 20.7. The Kier molecular flexibility index (Phi) is 6.51. The molecule has 6 heteroatoms. The average molecular weight is 477 g/mol. The Bertz CT molecular complexity index is 1220. The van der Waals surface area contributed by atoms with Crippen molar-refractivity contribution in [3.05, 3.63) is 81.9 Å². The number of nitrogens with zero attached hydrogens (tertiary/aromatic N) is 2. The number of phenols is 1. The van der Waals surface area contributed by atoms with E-state index >= 15 is 0 Å². The highest BCUT2D eigenvalue weighted by Gasteiger charge is 2.43. The summed E-state index contributed by atoms with van der Waals surface area (Å²) in [6.07, 6.45) is 8.53. The van der Waals surface area contributed by atoms with Gasteiger partial charge in [-0.25, -0.2) is 9.07 Å². The van der Waals surface area contributed by atoms with E-state index in [1.54, 1.807) is 24.3 Å². The summed E-state index contributed by atoms with van der Waals surface area (Å²) in [7, 11) is 0. The molecule has 2 aliphatic carbocycles. The van der Waals surface area contributed by atoms with Crippen LogP contribution >= 0.6 is 0 Å². The molecule has 1 N–H and O–H groups in total. The van der Waals surface area contributed by atoms with Crippen LogP contribution in [0.4, 0.5) is 4.39 Å². The summed E-state index contributed by atoms with van der Waals surface area (Å²) in [5.74, 6) is 0.451. The molecule has 2 atom stereocenters. The number of halogens is 1. The van der Waals surface area contributed by atoms with Gasteiger partial charge in [0.2, 0.25) is 0 Å². The van der Waals surface area contributed by atoms with Crippen LogP contribution in [-0.2, 0) is 22.5 Å². The van der Waals surface area contributed by atoms with E-state index in [0.29, 0.717) is 19.1 Å². The third kappa shape index (κ3) is 4.65. The summed E-state index contributed by atoms with van der Waals surface area (Å²) in [5, 5.41) is 14.4. The van der Waals surface area contributed by atoms with Gasteiger partial charge in [0.25, 0.3) is 0 Å².